The molecule has 2 aromatic rings. The standard InChI is InChI=1S/C12H14N4O2S/c1-18-9-6-4-3-5-8(9)11-14-12(16-15-11)13-10(17)7-19-2/h3-6H,7H2,1-2H3,(H2,13,14,15,16,17). The molecule has 100 valence electrons. The average molecular weight is 278 g/mol. The highest BCUT2D eigenvalue weighted by Gasteiger charge is 2.11. The van der Waals surface area contributed by atoms with E-state index >= 15 is 0 Å². The van der Waals surface area contributed by atoms with Crippen molar-refractivity contribution in [2.24, 2.45) is 0 Å². The van der Waals surface area contributed by atoms with Gasteiger partial charge in [0.1, 0.15) is 5.75 Å². The Morgan fingerprint density at radius 3 is 3.00 bits per heavy atom. The summed E-state index contributed by atoms with van der Waals surface area (Å²) in [6.45, 7) is 0. The van der Waals surface area contributed by atoms with Crippen molar-refractivity contribution in [1.29, 1.82) is 0 Å². The van der Waals surface area contributed by atoms with Crippen LogP contribution in [-0.4, -0.2) is 40.2 Å². The zero-order valence-electron chi connectivity index (χ0n) is 10.6. The zero-order chi connectivity index (χ0) is 13.7. The second-order valence-electron chi connectivity index (χ2n) is 3.69. The molecule has 0 aliphatic rings. The van der Waals surface area contributed by atoms with E-state index < -0.39 is 0 Å². The van der Waals surface area contributed by atoms with Crippen LogP contribution in [-0.2, 0) is 4.79 Å². The number of nitrogens with zero attached hydrogens (tertiary/aromatic N) is 2. The van der Waals surface area contributed by atoms with Gasteiger partial charge in [-0.2, -0.15) is 16.7 Å². The quantitative estimate of drug-likeness (QED) is 0.871. The number of nitrogens with one attached hydrogen (secondary N) is 2. The maximum absolute atomic E-state index is 11.4. The van der Waals surface area contributed by atoms with E-state index in [-0.39, 0.29) is 11.9 Å². The van der Waals surface area contributed by atoms with Gasteiger partial charge in [-0.3, -0.25) is 15.2 Å². The van der Waals surface area contributed by atoms with E-state index in [1.807, 2.05) is 30.5 Å². The molecule has 0 aliphatic heterocycles. The van der Waals surface area contributed by atoms with Crippen molar-refractivity contribution in [3.05, 3.63) is 24.3 Å². The van der Waals surface area contributed by atoms with Crippen LogP contribution in [0.3, 0.4) is 0 Å². The molecule has 0 saturated carbocycles. The van der Waals surface area contributed by atoms with Gasteiger partial charge in [0.15, 0.2) is 5.82 Å². The predicted octanol–water partition coefficient (Wildman–Crippen LogP) is 1.78. The maximum atomic E-state index is 11.4. The number of para-hydroxylation sites is 1. The lowest BCUT2D eigenvalue weighted by atomic mass is 10.2. The summed E-state index contributed by atoms with van der Waals surface area (Å²) in [6.07, 6.45) is 1.86. The highest BCUT2D eigenvalue weighted by Crippen LogP contribution is 2.26. The van der Waals surface area contributed by atoms with E-state index in [2.05, 4.69) is 20.5 Å². The summed E-state index contributed by atoms with van der Waals surface area (Å²) in [5.41, 5.74) is 0.794. The van der Waals surface area contributed by atoms with E-state index in [1.54, 1.807) is 7.11 Å². The third-order valence-electron chi connectivity index (χ3n) is 2.37. The first-order valence-electron chi connectivity index (χ1n) is 5.59. The fraction of sp³-hybridized carbons (Fsp3) is 0.250. The largest absolute Gasteiger partial charge is 0.496 e. The molecule has 0 aliphatic carbocycles. The molecule has 2 N–H and O–H groups in total. The van der Waals surface area contributed by atoms with Crippen molar-refractivity contribution in [3.63, 3.8) is 0 Å². The van der Waals surface area contributed by atoms with Gasteiger partial charge in [-0.05, 0) is 18.4 Å². The average Bonchev–Trinajstić information content (AvgIpc) is 2.87. The van der Waals surface area contributed by atoms with Gasteiger partial charge in [0.05, 0.1) is 18.4 Å². The number of benzene rings is 1. The predicted molar refractivity (Wildman–Crippen MR) is 75.4 cm³/mol. The summed E-state index contributed by atoms with van der Waals surface area (Å²) in [5.74, 6) is 1.76. The number of carbonyl (C=O) groups is 1. The van der Waals surface area contributed by atoms with Crippen molar-refractivity contribution in [2.75, 3.05) is 24.4 Å². The smallest absolute Gasteiger partial charge is 0.249 e. The number of H-pyrrole nitrogens is 1. The van der Waals surface area contributed by atoms with Gasteiger partial charge >= 0.3 is 0 Å². The van der Waals surface area contributed by atoms with Crippen molar-refractivity contribution >= 4 is 23.6 Å². The molecule has 0 spiro atoms. The van der Waals surface area contributed by atoms with Crippen LogP contribution < -0.4 is 10.1 Å². The van der Waals surface area contributed by atoms with Crippen molar-refractivity contribution in [3.8, 4) is 17.1 Å². The molecular weight excluding hydrogens is 264 g/mol. The Kier molecular flexibility index (Phi) is 4.40. The highest BCUT2D eigenvalue weighted by atomic mass is 32.2. The Bertz CT molecular complexity index is 570. The summed E-state index contributed by atoms with van der Waals surface area (Å²) in [6, 6.07) is 7.46. The van der Waals surface area contributed by atoms with Gasteiger partial charge < -0.3 is 4.74 Å². The van der Waals surface area contributed by atoms with Crippen LogP contribution in [0.25, 0.3) is 11.4 Å². The van der Waals surface area contributed by atoms with E-state index in [1.165, 1.54) is 11.8 Å². The summed E-state index contributed by atoms with van der Waals surface area (Å²) >= 11 is 1.44. The first-order valence-corrected chi connectivity index (χ1v) is 6.98. The molecule has 1 amide bonds. The van der Waals surface area contributed by atoms with Crippen molar-refractivity contribution in [2.45, 2.75) is 0 Å². The van der Waals surface area contributed by atoms with E-state index in [0.29, 0.717) is 17.3 Å². The normalized spacial score (nSPS) is 10.2. The van der Waals surface area contributed by atoms with Crippen LogP contribution in [0.5, 0.6) is 5.75 Å². The lowest BCUT2D eigenvalue weighted by Crippen LogP contribution is -2.14. The molecule has 7 heteroatoms. The zero-order valence-corrected chi connectivity index (χ0v) is 11.5. The number of rotatable bonds is 5. The highest BCUT2D eigenvalue weighted by molar-refractivity contribution is 7.99. The Balaban J connectivity index is 2.19. The molecule has 1 heterocycles. The molecule has 1 aromatic heterocycles. The third kappa shape index (κ3) is 3.25. The first-order chi connectivity index (χ1) is 9.24. The molecule has 6 nitrogen and oxygen atoms in total. The minimum absolute atomic E-state index is 0.127. The molecule has 0 fully saturated rings. The van der Waals surface area contributed by atoms with E-state index in [9.17, 15) is 4.79 Å². The number of anilines is 1. The van der Waals surface area contributed by atoms with Crippen LogP contribution in [0.15, 0.2) is 24.3 Å². The molecule has 19 heavy (non-hydrogen) atoms. The van der Waals surface area contributed by atoms with Crippen LogP contribution in [0.2, 0.25) is 0 Å². The summed E-state index contributed by atoms with van der Waals surface area (Å²) in [7, 11) is 1.59. The van der Waals surface area contributed by atoms with Gasteiger partial charge in [0.2, 0.25) is 11.9 Å². The Hall–Kier alpha value is -2.02. The van der Waals surface area contributed by atoms with Gasteiger partial charge in [-0.1, -0.05) is 12.1 Å². The Morgan fingerprint density at radius 2 is 2.26 bits per heavy atom. The molecule has 0 saturated heterocycles. The molecule has 0 unspecified atom stereocenters. The summed E-state index contributed by atoms with van der Waals surface area (Å²) in [5, 5.41) is 9.36. The number of aromatic amines is 1. The SMILES string of the molecule is COc1ccccc1-c1nc(NC(=O)CSC)n[nH]1. The molecule has 0 atom stereocenters. The van der Waals surface area contributed by atoms with Gasteiger partial charge in [-0.15, -0.1) is 5.10 Å². The number of methoxy groups -OCH3 is 1. The van der Waals surface area contributed by atoms with E-state index in [0.717, 1.165) is 5.56 Å². The third-order valence-corrected chi connectivity index (χ3v) is 2.93. The topological polar surface area (TPSA) is 79.9 Å². The lowest BCUT2D eigenvalue weighted by molar-refractivity contribution is -0.113. The van der Waals surface area contributed by atoms with Gasteiger partial charge in [0, 0.05) is 0 Å². The Morgan fingerprint density at radius 1 is 1.47 bits per heavy atom. The number of hydrogen-bond donors (Lipinski definition) is 2. The number of hydrogen-bond acceptors (Lipinski definition) is 5. The maximum Gasteiger partial charge on any atom is 0.249 e. The fourth-order valence-corrected chi connectivity index (χ4v) is 1.90. The van der Waals surface area contributed by atoms with E-state index in [4.69, 9.17) is 4.74 Å². The summed E-state index contributed by atoms with van der Waals surface area (Å²) < 4.78 is 5.25. The number of thioether (sulfide) groups is 1. The monoisotopic (exact) mass is 278 g/mol. The summed E-state index contributed by atoms with van der Waals surface area (Å²) in [4.78, 5) is 15.7. The van der Waals surface area contributed by atoms with Crippen molar-refractivity contribution < 1.29 is 9.53 Å². The molecule has 0 radical (unpaired) electrons. The van der Waals surface area contributed by atoms with Gasteiger partial charge in [-0.25, -0.2) is 0 Å². The molecule has 1 aromatic carbocycles. The second-order valence-corrected chi connectivity index (χ2v) is 4.56. The first kappa shape index (κ1) is 13.4. The second kappa shape index (κ2) is 6.24. The lowest BCUT2D eigenvalue weighted by Gasteiger charge is -2.04. The van der Waals surface area contributed by atoms with Crippen LogP contribution in [0.4, 0.5) is 5.95 Å². The minimum atomic E-state index is -0.127. The minimum Gasteiger partial charge on any atom is -0.496 e. The van der Waals surface area contributed by atoms with Crippen LogP contribution >= 0.6 is 11.8 Å². The van der Waals surface area contributed by atoms with Crippen molar-refractivity contribution in [1.82, 2.24) is 15.2 Å². The van der Waals surface area contributed by atoms with Crippen LogP contribution in [0.1, 0.15) is 0 Å². The molecule has 2 rings (SSSR count). The molecule has 0 bridgehead atoms. The Labute approximate surface area is 115 Å². The number of amides is 1. The number of ether oxygens (including phenoxy) is 1. The van der Waals surface area contributed by atoms with Crippen LogP contribution in [0, 0.1) is 0 Å². The number of aromatic nitrogens is 3. The number of carbonyl (C=O) groups excluding carboxylic acids is 1. The molecular formula is C12H14N4O2S. The van der Waals surface area contributed by atoms with Gasteiger partial charge in [0.25, 0.3) is 0 Å². The fourth-order valence-electron chi connectivity index (χ4n) is 1.57.